The summed E-state index contributed by atoms with van der Waals surface area (Å²) in [5, 5.41) is 12.8. The summed E-state index contributed by atoms with van der Waals surface area (Å²) in [6.07, 6.45) is 2.92. The first-order chi connectivity index (χ1) is 8.39. The van der Waals surface area contributed by atoms with Crippen molar-refractivity contribution in [1.82, 2.24) is 14.7 Å². The van der Waals surface area contributed by atoms with Crippen LogP contribution in [0, 0.1) is 0 Å². The Hall–Kier alpha value is -1.76. The lowest BCUT2D eigenvalue weighted by Gasteiger charge is -2.39. The maximum Gasteiger partial charge on any atom is 0.410 e. The van der Waals surface area contributed by atoms with Crippen LogP contribution in [0.2, 0.25) is 0 Å². The van der Waals surface area contributed by atoms with E-state index in [0.29, 0.717) is 18.8 Å². The lowest BCUT2D eigenvalue weighted by molar-refractivity contribution is -0.000385. The van der Waals surface area contributed by atoms with Gasteiger partial charge in [0.2, 0.25) is 0 Å². The van der Waals surface area contributed by atoms with Crippen molar-refractivity contribution in [2.75, 3.05) is 18.6 Å². The van der Waals surface area contributed by atoms with Crippen LogP contribution in [0.4, 0.5) is 10.5 Å². The highest BCUT2D eigenvalue weighted by molar-refractivity contribution is 5.69. The van der Waals surface area contributed by atoms with Crippen LogP contribution in [0.15, 0.2) is 12.4 Å². The van der Waals surface area contributed by atoms with Crippen LogP contribution >= 0.6 is 0 Å². The summed E-state index contributed by atoms with van der Waals surface area (Å²) in [5.74, 6) is 0. The highest BCUT2D eigenvalue weighted by Gasteiger charge is 2.35. The molecule has 1 amide bonds. The van der Waals surface area contributed by atoms with Gasteiger partial charge in [-0.3, -0.25) is 15.4 Å². The fourth-order valence-electron chi connectivity index (χ4n) is 1.69. The van der Waals surface area contributed by atoms with Gasteiger partial charge in [0.25, 0.3) is 0 Å². The first-order valence-corrected chi connectivity index (χ1v) is 5.81. The van der Waals surface area contributed by atoms with E-state index < -0.39 is 5.60 Å². The number of nitrogens with one attached hydrogen (secondary N) is 1. The van der Waals surface area contributed by atoms with Crippen LogP contribution in [0.3, 0.4) is 0 Å². The maximum atomic E-state index is 11.7. The molecular weight excluding hydrogens is 236 g/mol. The Bertz CT molecular complexity index is 432. The molecule has 0 saturated carbocycles. The maximum absolute atomic E-state index is 11.7. The summed E-state index contributed by atoms with van der Waals surface area (Å²) in [6, 6.07) is 0.139. The molecule has 1 fully saturated rings. The van der Waals surface area contributed by atoms with Gasteiger partial charge in [-0.05, 0) is 20.8 Å². The summed E-state index contributed by atoms with van der Waals surface area (Å²) < 4.78 is 6.98. The molecule has 2 N–H and O–H groups in total. The van der Waals surface area contributed by atoms with Crippen molar-refractivity contribution in [2.24, 2.45) is 0 Å². The van der Waals surface area contributed by atoms with Crippen LogP contribution in [0.5, 0.6) is 0 Å². The second-order valence-electron chi connectivity index (χ2n) is 5.36. The summed E-state index contributed by atoms with van der Waals surface area (Å²) in [7, 11) is 0. The molecule has 2 rings (SSSR count). The summed E-state index contributed by atoms with van der Waals surface area (Å²) >= 11 is 0. The van der Waals surface area contributed by atoms with Crippen molar-refractivity contribution < 1.29 is 14.7 Å². The third-order valence-electron chi connectivity index (χ3n) is 2.62. The number of aromatic nitrogens is 2. The van der Waals surface area contributed by atoms with Crippen LogP contribution in [-0.2, 0) is 4.74 Å². The molecule has 0 unspecified atom stereocenters. The monoisotopic (exact) mass is 254 g/mol. The van der Waals surface area contributed by atoms with Crippen molar-refractivity contribution in [3.8, 4) is 0 Å². The average Bonchev–Trinajstić information content (AvgIpc) is 2.60. The molecule has 7 nitrogen and oxygen atoms in total. The number of hydrogen-bond acceptors (Lipinski definition) is 5. The van der Waals surface area contributed by atoms with Crippen molar-refractivity contribution in [1.29, 1.82) is 0 Å². The number of rotatable bonds is 2. The van der Waals surface area contributed by atoms with E-state index in [1.807, 2.05) is 26.3 Å². The number of hydrogen-bond donors (Lipinski definition) is 2. The van der Waals surface area contributed by atoms with E-state index in [9.17, 15) is 4.79 Å². The van der Waals surface area contributed by atoms with Crippen LogP contribution in [-0.4, -0.2) is 44.7 Å². The molecule has 1 saturated heterocycles. The van der Waals surface area contributed by atoms with Gasteiger partial charge in [0.05, 0.1) is 24.1 Å². The number of anilines is 1. The zero-order valence-corrected chi connectivity index (χ0v) is 10.8. The van der Waals surface area contributed by atoms with Gasteiger partial charge in [-0.1, -0.05) is 0 Å². The van der Waals surface area contributed by atoms with Crippen molar-refractivity contribution in [3.05, 3.63) is 12.4 Å². The van der Waals surface area contributed by atoms with Gasteiger partial charge in [0.1, 0.15) is 5.60 Å². The highest BCUT2D eigenvalue weighted by atomic mass is 16.6. The molecular formula is C11H18N4O3. The molecule has 1 aromatic rings. The normalized spacial score (nSPS) is 16.3. The molecule has 0 radical (unpaired) electrons. The first kappa shape index (κ1) is 12.7. The zero-order chi connectivity index (χ0) is 13.3. The average molecular weight is 254 g/mol. The quantitative estimate of drug-likeness (QED) is 0.781. The first-order valence-electron chi connectivity index (χ1n) is 5.81. The minimum atomic E-state index is -0.470. The minimum Gasteiger partial charge on any atom is -0.444 e. The predicted octanol–water partition coefficient (Wildman–Crippen LogP) is 1.48. The lowest BCUT2D eigenvalue weighted by atomic mass is 10.1. The molecule has 0 atom stereocenters. The standard InChI is InChI=1S/C11H18N4O3/c1-11(2,3)18-10(16)14-6-9(7-14)15-5-8(13-17)4-12-15/h4-5,9,13,17H,6-7H2,1-3H3. The third-order valence-corrected chi connectivity index (χ3v) is 2.62. The Morgan fingerprint density at radius 2 is 2.22 bits per heavy atom. The smallest absolute Gasteiger partial charge is 0.410 e. The number of likely N-dealkylation sites (tertiary alicyclic amines) is 1. The fraction of sp³-hybridized carbons (Fsp3) is 0.636. The third kappa shape index (κ3) is 2.73. The highest BCUT2D eigenvalue weighted by Crippen LogP contribution is 2.23. The minimum absolute atomic E-state index is 0.139. The molecule has 0 aromatic carbocycles. The van der Waals surface area contributed by atoms with E-state index in [0.717, 1.165) is 0 Å². The second kappa shape index (κ2) is 4.49. The predicted molar refractivity (Wildman–Crippen MR) is 64.5 cm³/mol. The Labute approximate surface area is 105 Å². The van der Waals surface area contributed by atoms with E-state index in [-0.39, 0.29) is 12.1 Å². The number of carbonyl (C=O) groups is 1. The van der Waals surface area contributed by atoms with Crippen LogP contribution in [0.25, 0.3) is 0 Å². The molecule has 100 valence electrons. The molecule has 0 spiro atoms. The van der Waals surface area contributed by atoms with Gasteiger partial charge in [-0.15, -0.1) is 0 Å². The van der Waals surface area contributed by atoms with E-state index in [4.69, 9.17) is 9.94 Å². The van der Waals surface area contributed by atoms with E-state index in [1.54, 1.807) is 15.8 Å². The van der Waals surface area contributed by atoms with Crippen LogP contribution < -0.4 is 5.48 Å². The Morgan fingerprint density at radius 1 is 1.56 bits per heavy atom. The molecule has 1 aromatic heterocycles. The van der Waals surface area contributed by atoms with Gasteiger partial charge in [0, 0.05) is 13.1 Å². The Kier molecular flexibility index (Phi) is 3.16. The summed E-state index contributed by atoms with van der Waals surface area (Å²) in [4.78, 5) is 13.3. The second-order valence-corrected chi connectivity index (χ2v) is 5.36. The summed E-state index contributed by atoms with van der Waals surface area (Å²) in [6.45, 7) is 6.67. The molecule has 0 bridgehead atoms. The number of ether oxygens (including phenoxy) is 1. The molecule has 18 heavy (non-hydrogen) atoms. The van der Waals surface area contributed by atoms with Crippen molar-refractivity contribution in [3.63, 3.8) is 0 Å². The largest absolute Gasteiger partial charge is 0.444 e. The molecule has 7 heteroatoms. The van der Waals surface area contributed by atoms with E-state index >= 15 is 0 Å². The van der Waals surface area contributed by atoms with E-state index in [2.05, 4.69) is 5.10 Å². The lowest BCUT2D eigenvalue weighted by Crippen LogP contribution is -2.52. The van der Waals surface area contributed by atoms with Crippen molar-refractivity contribution >= 4 is 11.8 Å². The fourth-order valence-corrected chi connectivity index (χ4v) is 1.69. The van der Waals surface area contributed by atoms with Gasteiger partial charge >= 0.3 is 6.09 Å². The molecule has 1 aliphatic rings. The number of amides is 1. The van der Waals surface area contributed by atoms with E-state index in [1.165, 1.54) is 6.20 Å². The topological polar surface area (TPSA) is 79.6 Å². The molecule has 0 aliphatic carbocycles. The zero-order valence-electron chi connectivity index (χ0n) is 10.8. The SMILES string of the molecule is CC(C)(C)OC(=O)N1CC(n2cc(NO)cn2)C1. The van der Waals surface area contributed by atoms with Gasteiger partial charge in [-0.2, -0.15) is 5.10 Å². The Morgan fingerprint density at radius 3 is 2.72 bits per heavy atom. The Balaban J connectivity index is 1.85. The number of nitrogens with zero attached hydrogens (tertiary/aromatic N) is 3. The summed E-state index contributed by atoms with van der Waals surface area (Å²) in [5.41, 5.74) is 2.09. The number of carbonyl (C=O) groups excluding carboxylic acids is 1. The van der Waals surface area contributed by atoms with Gasteiger partial charge in [-0.25, -0.2) is 4.79 Å². The van der Waals surface area contributed by atoms with Crippen LogP contribution in [0.1, 0.15) is 26.8 Å². The molecule has 2 heterocycles. The van der Waals surface area contributed by atoms with Gasteiger partial charge in [0.15, 0.2) is 0 Å². The van der Waals surface area contributed by atoms with Gasteiger partial charge < -0.3 is 9.64 Å². The van der Waals surface area contributed by atoms with Crippen molar-refractivity contribution in [2.45, 2.75) is 32.4 Å². The molecule has 1 aliphatic heterocycles.